The fourth-order valence-corrected chi connectivity index (χ4v) is 2.78. The van der Waals surface area contributed by atoms with Gasteiger partial charge in [0.2, 0.25) is 5.91 Å². The molecule has 1 aromatic carbocycles. The van der Waals surface area contributed by atoms with Crippen molar-refractivity contribution in [2.75, 3.05) is 5.73 Å². The number of pyridine rings is 1. The lowest BCUT2D eigenvalue weighted by molar-refractivity contribution is -0.120. The van der Waals surface area contributed by atoms with E-state index < -0.39 is 0 Å². The Balaban J connectivity index is 0.00000196. The maximum absolute atomic E-state index is 11.9. The zero-order valence-corrected chi connectivity index (χ0v) is 14.9. The van der Waals surface area contributed by atoms with Crippen molar-refractivity contribution in [2.45, 2.75) is 25.3 Å². The van der Waals surface area contributed by atoms with E-state index in [0.717, 1.165) is 35.5 Å². The Kier molecular flexibility index (Phi) is 5.23. The fourth-order valence-electron chi connectivity index (χ4n) is 2.78. The van der Waals surface area contributed by atoms with E-state index in [1.54, 1.807) is 18.5 Å². The van der Waals surface area contributed by atoms with Crippen LogP contribution in [0.1, 0.15) is 18.4 Å². The van der Waals surface area contributed by atoms with Gasteiger partial charge < -0.3 is 11.1 Å². The Morgan fingerprint density at radius 1 is 1.15 bits per heavy atom. The largest absolute Gasteiger partial charge is 0.384 e. The summed E-state index contributed by atoms with van der Waals surface area (Å²) in [6, 6.07) is 12.0. The topological polar surface area (TPSA) is 85.8 Å². The van der Waals surface area contributed by atoms with Crippen LogP contribution in [-0.2, 0) is 11.2 Å². The minimum atomic E-state index is 0. The Morgan fingerprint density at radius 3 is 2.62 bits per heavy atom. The molecule has 134 valence electrons. The highest BCUT2D eigenvalue weighted by atomic mass is 35.5. The van der Waals surface area contributed by atoms with Gasteiger partial charge in [-0.3, -0.25) is 9.36 Å². The summed E-state index contributed by atoms with van der Waals surface area (Å²) in [5, 5.41) is 3.01. The number of nitrogens with one attached hydrogen (secondary N) is 1. The molecule has 3 N–H and O–H groups in total. The van der Waals surface area contributed by atoms with Gasteiger partial charge in [0.15, 0.2) is 0 Å². The molecular formula is C19H20ClN5O. The van der Waals surface area contributed by atoms with Gasteiger partial charge in [-0.1, -0.05) is 12.1 Å². The number of nitrogen functional groups attached to an aromatic ring is 1. The number of hydrogen-bond acceptors (Lipinski definition) is 4. The number of nitrogens with zero attached hydrogens (tertiary/aromatic N) is 3. The predicted octanol–water partition coefficient (Wildman–Crippen LogP) is 2.76. The molecule has 6 nitrogen and oxygen atoms in total. The molecule has 0 radical (unpaired) electrons. The quantitative estimate of drug-likeness (QED) is 0.724. The van der Waals surface area contributed by atoms with Gasteiger partial charge in [-0.05, 0) is 42.7 Å². The number of rotatable bonds is 5. The zero-order chi connectivity index (χ0) is 17.2. The lowest BCUT2D eigenvalue weighted by Gasteiger charge is -2.09. The summed E-state index contributed by atoms with van der Waals surface area (Å²) >= 11 is 0. The highest BCUT2D eigenvalue weighted by Crippen LogP contribution is 2.23. The maximum atomic E-state index is 11.9. The average Bonchev–Trinajstić information content (AvgIpc) is 3.27. The molecule has 2 aromatic heterocycles. The smallest absolute Gasteiger partial charge is 0.224 e. The predicted molar refractivity (Wildman–Crippen MR) is 103 cm³/mol. The van der Waals surface area contributed by atoms with Gasteiger partial charge in [-0.25, -0.2) is 9.97 Å². The molecule has 3 aromatic rings. The first kappa shape index (κ1) is 17.9. The molecule has 7 heteroatoms. The number of anilines is 1. The number of carbonyl (C=O) groups is 1. The van der Waals surface area contributed by atoms with Crippen molar-refractivity contribution in [2.24, 2.45) is 0 Å². The van der Waals surface area contributed by atoms with Gasteiger partial charge in [0.25, 0.3) is 0 Å². The van der Waals surface area contributed by atoms with E-state index in [1.165, 1.54) is 0 Å². The molecule has 0 unspecified atom stereocenters. The molecule has 1 aliphatic carbocycles. The summed E-state index contributed by atoms with van der Waals surface area (Å²) in [4.78, 5) is 20.4. The Morgan fingerprint density at radius 2 is 1.92 bits per heavy atom. The molecule has 0 atom stereocenters. The van der Waals surface area contributed by atoms with Crippen molar-refractivity contribution in [3.05, 3.63) is 60.6 Å². The molecule has 1 saturated carbocycles. The Labute approximate surface area is 157 Å². The number of benzene rings is 1. The van der Waals surface area contributed by atoms with Crippen molar-refractivity contribution in [3.8, 4) is 17.1 Å². The summed E-state index contributed by atoms with van der Waals surface area (Å²) in [5.74, 6) is 1.35. The van der Waals surface area contributed by atoms with Gasteiger partial charge in [0.1, 0.15) is 11.6 Å². The molecular weight excluding hydrogens is 350 g/mol. The first-order chi connectivity index (χ1) is 12.2. The number of aromatic nitrogens is 3. The van der Waals surface area contributed by atoms with Crippen molar-refractivity contribution >= 4 is 24.1 Å². The molecule has 4 rings (SSSR count). The van der Waals surface area contributed by atoms with E-state index in [-0.39, 0.29) is 18.3 Å². The number of imidazole rings is 1. The van der Waals surface area contributed by atoms with Gasteiger partial charge in [-0.15, -0.1) is 12.4 Å². The lowest BCUT2D eigenvalue weighted by atomic mass is 10.1. The molecule has 0 spiro atoms. The second-order valence-corrected chi connectivity index (χ2v) is 6.28. The van der Waals surface area contributed by atoms with E-state index >= 15 is 0 Å². The monoisotopic (exact) mass is 369 g/mol. The number of carbonyl (C=O) groups excluding carboxylic acids is 1. The van der Waals surface area contributed by atoms with Crippen LogP contribution in [0.4, 0.5) is 5.82 Å². The molecule has 0 aliphatic heterocycles. The van der Waals surface area contributed by atoms with E-state index in [4.69, 9.17) is 5.73 Å². The summed E-state index contributed by atoms with van der Waals surface area (Å²) in [6.45, 7) is 0. The number of halogens is 1. The normalized spacial score (nSPS) is 13.1. The first-order valence-corrected chi connectivity index (χ1v) is 8.33. The van der Waals surface area contributed by atoms with Crippen molar-refractivity contribution < 1.29 is 4.79 Å². The third-order valence-electron chi connectivity index (χ3n) is 4.20. The average molecular weight is 370 g/mol. The van der Waals surface area contributed by atoms with Crippen LogP contribution in [0.3, 0.4) is 0 Å². The molecule has 26 heavy (non-hydrogen) atoms. The lowest BCUT2D eigenvalue weighted by Crippen LogP contribution is -2.26. The third kappa shape index (κ3) is 4.03. The standard InChI is InChI=1S/C19H19N5O.ClH/c20-17-12-14(7-8-21-17)19-22-9-10-24(19)16-5-1-13(2-6-16)11-18(25)23-15-3-4-15;/h1-2,5-10,12,15H,3-4,11H2,(H2,20,21)(H,23,25);1H. The highest BCUT2D eigenvalue weighted by Gasteiger charge is 2.23. The molecule has 2 heterocycles. The van der Waals surface area contributed by atoms with Crippen LogP contribution in [0.5, 0.6) is 0 Å². The van der Waals surface area contributed by atoms with Crippen LogP contribution in [0.15, 0.2) is 55.0 Å². The van der Waals surface area contributed by atoms with E-state index in [0.29, 0.717) is 18.3 Å². The first-order valence-electron chi connectivity index (χ1n) is 8.33. The van der Waals surface area contributed by atoms with Gasteiger partial charge in [-0.2, -0.15) is 0 Å². The molecule has 1 fully saturated rings. The number of nitrogens with two attached hydrogens (primary N) is 1. The second-order valence-electron chi connectivity index (χ2n) is 6.28. The van der Waals surface area contributed by atoms with Gasteiger partial charge in [0, 0.05) is 35.9 Å². The number of hydrogen-bond donors (Lipinski definition) is 2. The van der Waals surface area contributed by atoms with Crippen molar-refractivity contribution in [1.82, 2.24) is 19.9 Å². The molecule has 0 saturated heterocycles. The maximum Gasteiger partial charge on any atom is 0.224 e. The molecule has 0 bridgehead atoms. The fraction of sp³-hybridized carbons (Fsp3) is 0.211. The van der Waals surface area contributed by atoms with Crippen molar-refractivity contribution in [3.63, 3.8) is 0 Å². The van der Waals surface area contributed by atoms with Crippen LogP contribution in [-0.4, -0.2) is 26.5 Å². The van der Waals surface area contributed by atoms with E-state index in [2.05, 4.69) is 15.3 Å². The van der Waals surface area contributed by atoms with Crippen LogP contribution in [0.2, 0.25) is 0 Å². The molecule has 1 amide bonds. The number of amides is 1. The second kappa shape index (κ2) is 7.58. The summed E-state index contributed by atoms with van der Waals surface area (Å²) in [6.07, 6.45) is 7.95. The minimum Gasteiger partial charge on any atom is -0.384 e. The summed E-state index contributed by atoms with van der Waals surface area (Å²) < 4.78 is 1.99. The van der Waals surface area contributed by atoms with Crippen LogP contribution >= 0.6 is 12.4 Å². The summed E-state index contributed by atoms with van der Waals surface area (Å²) in [7, 11) is 0. The minimum absolute atomic E-state index is 0. The Bertz CT molecular complexity index is 902. The summed E-state index contributed by atoms with van der Waals surface area (Å²) in [5.41, 5.74) is 8.66. The highest BCUT2D eigenvalue weighted by molar-refractivity contribution is 5.85. The van der Waals surface area contributed by atoms with E-state index in [9.17, 15) is 4.79 Å². The van der Waals surface area contributed by atoms with Crippen LogP contribution < -0.4 is 11.1 Å². The van der Waals surface area contributed by atoms with Gasteiger partial charge in [0.05, 0.1) is 6.42 Å². The van der Waals surface area contributed by atoms with E-state index in [1.807, 2.05) is 41.1 Å². The molecule has 1 aliphatic rings. The van der Waals surface area contributed by atoms with Gasteiger partial charge >= 0.3 is 0 Å². The third-order valence-corrected chi connectivity index (χ3v) is 4.20. The zero-order valence-electron chi connectivity index (χ0n) is 14.1. The van der Waals surface area contributed by atoms with Crippen LogP contribution in [0, 0.1) is 0 Å². The van der Waals surface area contributed by atoms with Crippen molar-refractivity contribution in [1.29, 1.82) is 0 Å². The van der Waals surface area contributed by atoms with Crippen LogP contribution in [0.25, 0.3) is 17.1 Å². The SMILES string of the molecule is Cl.Nc1cc(-c2nccn2-c2ccc(CC(=O)NC3CC3)cc2)ccn1. The Hall–Kier alpha value is -2.86.